The zero-order valence-electron chi connectivity index (χ0n) is 9.64. The van der Waals surface area contributed by atoms with Gasteiger partial charge in [-0.3, -0.25) is 9.89 Å². The van der Waals surface area contributed by atoms with Crippen molar-refractivity contribution < 1.29 is 9.53 Å². The summed E-state index contributed by atoms with van der Waals surface area (Å²) in [5, 5.41) is 6.58. The SMILES string of the molecule is CC1CCC(C(=O)N(C)Cc2cn[nH]c2)O1. The van der Waals surface area contributed by atoms with Crippen molar-refractivity contribution in [2.45, 2.75) is 38.5 Å². The number of hydrogen-bond acceptors (Lipinski definition) is 3. The minimum Gasteiger partial charge on any atom is -0.365 e. The third kappa shape index (κ3) is 2.41. The Bertz CT molecular complexity index is 350. The number of nitrogens with zero attached hydrogens (tertiary/aromatic N) is 2. The molecule has 1 saturated heterocycles. The van der Waals surface area contributed by atoms with Crippen molar-refractivity contribution in [3.05, 3.63) is 18.0 Å². The highest BCUT2D eigenvalue weighted by Gasteiger charge is 2.30. The lowest BCUT2D eigenvalue weighted by Gasteiger charge is -2.20. The average Bonchev–Trinajstić information content (AvgIpc) is 2.88. The second-order valence-electron chi connectivity index (χ2n) is 4.31. The molecule has 2 atom stereocenters. The van der Waals surface area contributed by atoms with Gasteiger partial charge in [-0.05, 0) is 19.8 Å². The van der Waals surface area contributed by atoms with E-state index >= 15 is 0 Å². The Balaban J connectivity index is 1.89. The summed E-state index contributed by atoms with van der Waals surface area (Å²) in [5.41, 5.74) is 1.00. The number of carbonyl (C=O) groups is 1. The lowest BCUT2D eigenvalue weighted by molar-refractivity contribution is -0.141. The van der Waals surface area contributed by atoms with E-state index in [1.54, 1.807) is 24.3 Å². The first-order valence-corrected chi connectivity index (χ1v) is 5.55. The minimum atomic E-state index is -0.257. The molecule has 1 aromatic rings. The summed E-state index contributed by atoms with van der Waals surface area (Å²) < 4.78 is 5.55. The van der Waals surface area contributed by atoms with Crippen molar-refractivity contribution in [1.82, 2.24) is 15.1 Å². The summed E-state index contributed by atoms with van der Waals surface area (Å²) in [6.07, 6.45) is 5.26. The molecule has 0 aromatic carbocycles. The van der Waals surface area contributed by atoms with Gasteiger partial charge in [0.15, 0.2) is 0 Å². The number of ether oxygens (including phenoxy) is 1. The molecule has 2 rings (SSSR count). The molecular weight excluding hydrogens is 206 g/mol. The van der Waals surface area contributed by atoms with E-state index in [0.717, 1.165) is 18.4 Å². The van der Waals surface area contributed by atoms with Crippen LogP contribution in [0, 0.1) is 0 Å². The predicted molar refractivity (Wildman–Crippen MR) is 58.6 cm³/mol. The Labute approximate surface area is 94.8 Å². The van der Waals surface area contributed by atoms with Crippen LogP contribution in [0.3, 0.4) is 0 Å². The molecule has 5 nitrogen and oxygen atoms in total. The summed E-state index contributed by atoms with van der Waals surface area (Å²) in [6.45, 7) is 2.58. The van der Waals surface area contributed by atoms with Crippen molar-refractivity contribution in [1.29, 1.82) is 0 Å². The molecule has 0 saturated carbocycles. The second-order valence-corrected chi connectivity index (χ2v) is 4.31. The van der Waals surface area contributed by atoms with E-state index in [-0.39, 0.29) is 18.1 Å². The molecule has 16 heavy (non-hydrogen) atoms. The van der Waals surface area contributed by atoms with Gasteiger partial charge in [0, 0.05) is 25.4 Å². The third-order valence-corrected chi connectivity index (χ3v) is 2.86. The normalized spacial score (nSPS) is 24.6. The van der Waals surface area contributed by atoms with Gasteiger partial charge in [0.2, 0.25) is 0 Å². The van der Waals surface area contributed by atoms with Crippen molar-refractivity contribution >= 4 is 5.91 Å². The zero-order valence-corrected chi connectivity index (χ0v) is 9.64. The largest absolute Gasteiger partial charge is 0.365 e. The minimum absolute atomic E-state index is 0.0607. The maximum atomic E-state index is 12.0. The number of nitrogens with one attached hydrogen (secondary N) is 1. The van der Waals surface area contributed by atoms with Crippen LogP contribution in [0.25, 0.3) is 0 Å². The molecule has 1 aliphatic heterocycles. The molecule has 1 N–H and O–H groups in total. The number of aromatic amines is 1. The van der Waals surface area contributed by atoms with Crippen LogP contribution in [-0.2, 0) is 16.1 Å². The highest BCUT2D eigenvalue weighted by atomic mass is 16.5. The fourth-order valence-corrected chi connectivity index (χ4v) is 1.95. The van der Waals surface area contributed by atoms with E-state index < -0.39 is 0 Å². The highest BCUT2D eigenvalue weighted by Crippen LogP contribution is 2.20. The Hall–Kier alpha value is -1.36. The first-order valence-electron chi connectivity index (χ1n) is 5.55. The number of rotatable bonds is 3. The lowest BCUT2D eigenvalue weighted by atomic mass is 10.2. The molecule has 88 valence electrons. The molecule has 5 heteroatoms. The number of amides is 1. The number of carbonyl (C=O) groups excluding carboxylic acids is 1. The third-order valence-electron chi connectivity index (χ3n) is 2.86. The van der Waals surface area contributed by atoms with Crippen molar-refractivity contribution in [3.8, 4) is 0 Å². The molecule has 2 heterocycles. The average molecular weight is 223 g/mol. The van der Waals surface area contributed by atoms with E-state index in [9.17, 15) is 4.79 Å². The van der Waals surface area contributed by atoms with Gasteiger partial charge in [-0.2, -0.15) is 5.10 Å². The maximum absolute atomic E-state index is 12.0. The Morgan fingerprint density at radius 3 is 3.06 bits per heavy atom. The van der Waals surface area contributed by atoms with Gasteiger partial charge in [0.05, 0.1) is 12.3 Å². The van der Waals surface area contributed by atoms with Crippen LogP contribution in [0.4, 0.5) is 0 Å². The quantitative estimate of drug-likeness (QED) is 0.829. The Kier molecular flexibility index (Phi) is 3.24. The number of H-pyrrole nitrogens is 1. The van der Waals surface area contributed by atoms with E-state index in [4.69, 9.17) is 4.74 Å². The summed E-state index contributed by atoms with van der Waals surface area (Å²) in [6, 6.07) is 0. The molecular formula is C11H17N3O2. The molecule has 0 aliphatic carbocycles. The van der Waals surface area contributed by atoms with E-state index in [2.05, 4.69) is 10.2 Å². The molecule has 1 amide bonds. The number of aromatic nitrogens is 2. The summed E-state index contributed by atoms with van der Waals surface area (Å²) in [7, 11) is 1.79. The predicted octanol–water partition coefficient (Wildman–Crippen LogP) is 0.936. The summed E-state index contributed by atoms with van der Waals surface area (Å²) >= 11 is 0. The topological polar surface area (TPSA) is 58.2 Å². The van der Waals surface area contributed by atoms with Crippen molar-refractivity contribution in [2.75, 3.05) is 7.05 Å². The molecule has 0 bridgehead atoms. The first kappa shape index (κ1) is 11.1. The number of hydrogen-bond donors (Lipinski definition) is 1. The zero-order chi connectivity index (χ0) is 11.5. The standard InChI is InChI=1S/C11H17N3O2/c1-8-3-4-10(16-8)11(15)14(2)7-9-5-12-13-6-9/h5-6,8,10H,3-4,7H2,1-2H3,(H,12,13). The van der Waals surface area contributed by atoms with Crippen LogP contribution in [-0.4, -0.2) is 40.3 Å². The van der Waals surface area contributed by atoms with Gasteiger partial charge in [0.1, 0.15) is 6.10 Å². The molecule has 0 radical (unpaired) electrons. The van der Waals surface area contributed by atoms with E-state index in [1.165, 1.54) is 0 Å². The summed E-state index contributed by atoms with van der Waals surface area (Å²) in [5.74, 6) is 0.0607. The molecule has 1 fully saturated rings. The maximum Gasteiger partial charge on any atom is 0.251 e. The van der Waals surface area contributed by atoms with Gasteiger partial charge < -0.3 is 9.64 Å². The molecule has 2 unspecified atom stereocenters. The van der Waals surface area contributed by atoms with Gasteiger partial charge in [-0.1, -0.05) is 0 Å². The van der Waals surface area contributed by atoms with Crippen molar-refractivity contribution in [2.24, 2.45) is 0 Å². The van der Waals surface area contributed by atoms with Crippen LogP contribution in [0.1, 0.15) is 25.3 Å². The first-order chi connectivity index (χ1) is 7.66. The van der Waals surface area contributed by atoms with Gasteiger partial charge >= 0.3 is 0 Å². The van der Waals surface area contributed by atoms with Gasteiger partial charge in [0.25, 0.3) is 5.91 Å². The Morgan fingerprint density at radius 1 is 1.69 bits per heavy atom. The van der Waals surface area contributed by atoms with Crippen molar-refractivity contribution in [3.63, 3.8) is 0 Å². The highest BCUT2D eigenvalue weighted by molar-refractivity contribution is 5.80. The smallest absolute Gasteiger partial charge is 0.251 e. The van der Waals surface area contributed by atoms with Crippen LogP contribution < -0.4 is 0 Å². The number of likely N-dealkylation sites (N-methyl/N-ethyl adjacent to an activating group) is 1. The van der Waals surface area contributed by atoms with Gasteiger partial charge in [-0.25, -0.2) is 0 Å². The Morgan fingerprint density at radius 2 is 2.50 bits per heavy atom. The molecule has 1 aromatic heterocycles. The molecule has 1 aliphatic rings. The van der Waals surface area contributed by atoms with E-state index in [1.807, 2.05) is 6.92 Å². The van der Waals surface area contributed by atoms with Crippen LogP contribution in [0.5, 0.6) is 0 Å². The summed E-state index contributed by atoms with van der Waals surface area (Å²) in [4.78, 5) is 13.7. The van der Waals surface area contributed by atoms with Crippen LogP contribution >= 0.6 is 0 Å². The van der Waals surface area contributed by atoms with Crippen LogP contribution in [0.15, 0.2) is 12.4 Å². The molecule has 0 spiro atoms. The fourth-order valence-electron chi connectivity index (χ4n) is 1.95. The van der Waals surface area contributed by atoms with Crippen LogP contribution in [0.2, 0.25) is 0 Å². The van der Waals surface area contributed by atoms with E-state index in [0.29, 0.717) is 6.54 Å². The fraction of sp³-hybridized carbons (Fsp3) is 0.636. The monoisotopic (exact) mass is 223 g/mol. The second kappa shape index (κ2) is 4.65. The lowest BCUT2D eigenvalue weighted by Crippen LogP contribution is -2.35. The van der Waals surface area contributed by atoms with Gasteiger partial charge in [-0.15, -0.1) is 0 Å².